The molecule has 0 bridgehead atoms. The van der Waals surface area contributed by atoms with Gasteiger partial charge in [-0.25, -0.2) is 0 Å². The van der Waals surface area contributed by atoms with Crippen LogP contribution in [0.4, 0.5) is 0 Å². The summed E-state index contributed by atoms with van der Waals surface area (Å²) in [5, 5.41) is 0. The molecule has 0 spiro atoms. The Labute approximate surface area is 250 Å². The summed E-state index contributed by atoms with van der Waals surface area (Å²) in [5.41, 5.74) is 4.51. The number of nitrogens with zero attached hydrogens (tertiary/aromatic N) is 1. The summed E-state index contributed by atoms with van der Waals surface area (Å²) in [5.74, 6) is 0. The van der Waals surface area contributed by atoms with Crippen LogP contribution in [-0.4, -0.2) is 49.0 Å². The fourth-order valence-corrected chi connectivity index (χ4v) is 5.42. The number of piperidine rings is 1. The number of rotatable bonds is 15. The molecule has 0 N–H and O–H groups in total. The highest BCUT2D eigenvalue weighted by molar-refractivity contribution is 5.16. The third-order valence-electron chi connectivity index (χ3n) is 7.59. The lowest BCUT2D eigenvalue weighted by Crippen LogP contribution is -2.64. The molecule has 1 heterocycles. The Morgan fingerprint density at radius 1 is 0.571 bits per heavy atom. The van der Waals surface area contributed by atoms with E-state index in [1.807, 2.05) is 78.9 Å². The van der Waals surface area contributed by atoms with Crippen molar-refractivity contribution in [1.82, 2.24) is 4.90 Å². The average Bonchev–Trinajstić information content (AvgIpc) is 3.05. The topological polar surface area (TPSA) is 40.2 Å². The molecular weight excluding hydrogens is 522 g/mol. The van der Waals surface area contributed by atoms with Crippen molar-refractivity contribution in [2.75, 3.05) is 19.7 Å². The second kappa shape index (κ2) is 16.2. The Kier molecular flexibility index (Phi) is 11.5. The quantitative estimate of drug-likeness (QED) is 0.148. The molecular formula is C37H41NO4. The average molecular weight is 564 g/mol. The largest absolute Gasteiger partial charge is 0.375 e. The van der Waals surface area contributed by atoms with Crippen molar-refractivity contribution in [1.29, 1.82) is 0 Å². The van der Waals surface area contributed by atoms with Crippen molar-refractivity contribution in [2.24, 2.45) is 0 Å². The van der Waals surface area contributed by atoms with Gasteiger partial charge in [0.2, 0.25) is 0 Å². The summed E-state index contributed by atoms with van der Waals surface area (Å²) in [6.45, 7) is 7.91. The molecule has 4 aromatic rings. The number of hydrogen-bond acceptors (Lipinski definition) is 5. The van der Waals surface area contributed by atoms with E-state index in [1.54, 1.807) is 0 Å². The highest BCUT2D eigenvalue weighted by Crippen LogP contribution is 2.29. The first-order valence-electron chi connectivity index (χ1n) is 14.7. The van der Waals surface area contributed by atoms with E-state index < -0.39 is 0 Å². The van der Waals surface area contributed by atoms with E-state index in [4.69, 9.17) is 18.9 Å². The molecule has 0 radical (unpaired) electrons. The summed E-state index contributed by atoms with van der Waals surface area (Å²) < 4.78 is 26.5. The lowest BCUT2D eigenvalue weighted by molar-refractivity contribution is -0.209. The fourth-order valence-electron chi connectivity index (χ4n) is 5.42. The van der Waals surface area contributed by atoms with Crippen molar-refractivity contribution in [2.45, 2.75) is 50.8 Å². The van der Waals surface area contributed by atoms with Gasteiger partial charge in [0.25, 0.3) is 0 Å². The maximum Gasteiger partial charge on any atom is 0.113 e. The van der Waals surface area contributed by atoms with E-state index in [1.165, 1.54) is 0 Å². The third kappa shape index (κ3) is 8.71. The van der Waals surface area contributed by atoms with Gasteiger partial charge in [0.15, 0.2) is 0 Å². The van der Waals surface area contributed by atoms with Crippen LogP contribution >= 0.6 is 0 Å². The molecule has 218 valence electrons. The van der Waals surface area contributed by atoms with Crippen molar-refractivity contribution in [3.05, 3.63) is 156 Å². The Morgan fingerprint density at radius 3 is 1.48 bits per heavy atom. The predicted molar refractivity (Wildman–Crippen MR) is 167 cm³/mol. The molecule has 0 aromatic heterocycles. The molecule has 0 unspecified atom stereocenters. The summed E-state index contributed by atoms with van der Waals surface area (Å²) in [6, 6.07) is 41.1. The standard InChI is InChI=1S/C37H41NO4/c1-2-23-38-24-35(40-26-31-17-9-4-10-18-31)37(42-28-33-21-13-6-14-22-33)36(41-27-32-19-11-5-12-20-32)34(38)29-39-25-30-15-7-3-8-16-30/h2-22,34-37H,1,23-29H2/t34-,35+,36+,37-/m1/s1. The van der Waals surface area contributed by atoms with E-state index in [-0.39, 0.29) is 24.4 Å². The SMILES string of the molecule is C=CCN1C[C@H](OCc2ccccc2)[C@@H](OCc2ccccc2)[C@@H](OCc2ccccc2)[C@H]1COCc1ccccc1. The monoisotopic (exact) mass is 563 g/mol. The first-order valence-corrected chi connectivity index (χ1v) is 14.7. The summed E-state index contributed by atoms with van der Waals surface area (Å²) >= 11 is 0. The zero-order valence-electron chi connectivity index (χ0n) is 24.2. The van der Waals surface area contributed by atoms with Gasteiger partial charge in [-0.2, -0.15) is 0 Å². The van der Waals surface area contributed by atoms with Crippen LogP contribution in [0.15, 0.2) is 134 Å². The van der Waals surface area contributed by atoms with Crippen LogP contribution in [0.25, 0.3) is 0 Å². The van der Waals surface area contributed by atoms with Crippen LogP contribution < -0.4 is 0 Å². The van der Waals surface area contributed by atoms with Crippen LogP contribution in [0.5, 0.6) is 0 Å². The van der Waals surface area contributed by atoms with Gasteiger partial charge in [0, 0.05) is 13.1 Å². The molecule has 5 nitrogen and oxygen atoms in total. The van der Waals surface area contributed by atoms with E-state index in [0.29, 0.717) is 46.1 Å². The molecule has 42 heavy (non-hydrogen) atoms. The molecule has 0 amide bonds. The smallest absolute Gasteiger partial charge is 0.113 e. The second-order valence-corrected chi connectivity index (χ2v) is 10.7. The lowest BCUT2D eigenvalue weighted by atomic mass is 9.93. The van der Waals surface area contributed by atoms with Crippen molar-refractivity contribution in [3.8, 4) is 0 Å². The third-order valence-corrected chi connectivity index (χ3v) is 7.59. The van der Waals surface area contributed by atoms with Crippen molar-refractivity contribution < 1.29 is 18.9 Å². The van der Waals surface area contributed by atoms with Gasteiger partial charge in [-0.15, -0.1) is 6.58 Å². The molecule has 5 heteroatoms. The second-order valence-electron chi connectivity index (χ2n) is 10.7. The zero-order chi connectivity index (χ0) is 28.8. The van der Waals surface area contributed by atoms with Crippen LogP contribution in [0.3, 0.4) is 0 Å². The van der Waals surface area contributed by atoms with Crippen molar-refractivity contribution >= 4 is 0 Å². The van der Waals surface area contributed by atoms with Gasteiger partial charge in [-0.05, 0) is 22.3 Å². The molecule has 1 fully saturated rings. The maximum atomic E-state index is 6.78. The van der Waals surface area contributed by atoms with Gasteiger partial charge < -0.3 is 18.9 Å². The maximum absolute atomic E-state index is 6.78. The minimum Gasteiger partial charge on any atom is -0.375 e. The van der Waals surface area contributed by atoms with E-state index in [0.717, 1.165) is 22.3 Å². The molecule has 4 atom stereocenters. The van der Waals surface area contributed by atoms with Gasteiger partial charge >= 0.3 is 0 Å². The van der Waals surface area contributed by atoms with Crippen LogP contribution in [-0.2, 0) is 45.4 Å². The van der Waals surface area contributed by atoms with Crippen LogP contribution in [0.2, 0.25) is 0 Å². The Bertz CT molecular complexity index is 1300. The number of likely N-dealkylation sites (tertiary alicyclic amines) is 1. The summed E-state index contributed by atoms with van der Waals surface area (Å²) in [6.07, 6.45) is 1.14. The van der Waals surface area contributed by atoms with E-state index in [2.05, 4.69) is 60.0 Å². The molecule has 0 saturated carbocycles. The normalized spacial score (nSPS) is 20.8. The number of hydrogen-bond donors (Lipinski definition) is 0. The molecule has 1 saturated heterocycles. The van der Waals surface area contributed by atoms with E-state index in [9.17, 15) is 0 Å². The van der Waals surface area contributed by atoms with Gasteiger partial charge in [0.1, 0.15) is 12.2 Å². The zero-order valence-corrected chi connectivity index (χ0v) is 24.2. The molecule has 0 aliphatic carbocycles. The minimum absolute atomic E-state index is 0.0484. The summed E-state index contributed by atoms with van der Waals surface area (Å²) in [7, 11) is 0. The van der Waals surface area contributed by atoms with Crippen LogP contribution in [0.1, 0.15) is 22.3 Å². The summed E-state index contributed by atoms with van der Waals surface area (Å²) in [4.78, 5) is 2.37. The highest BCUT2D eigenvalue weighted by Gasteiger charge is 2.45. The molecule has 1 aliphatic rings. The fraction of sp³-hybridized carbons (Fsp3) is 0.297. The minimum atomic E-state index is -0.302. The van der Waals surface area contributed by atoms with Gasteiger partial charge in [-0.1, -0.05) is 127 Å². The Balaban J connectivity index is 1.40. The Hall–Kier alpha value is -3.58. The molecule has 5 rings (SSSR count). The predicted octanol–water partition coefficient (Wildman–Crippen LogP) is 6.83. The number of ether oxygens (including phenoxy) is 4. The van der Waals surface area contributed by atoms with Gasteiger partial charge in [-0.3, -0.25) is 4.90 Å². The first-order chi connectivity index (χ1) is 20.8. The first kappa shape index (κ1) is 29.9. The Morgan fingerprint density at radius 2 is 1.00 bits per heavy atom. The van der Waals surface area contributed by atoms with E-state index >= 15 is 0 Å². The molecule has 4 aromatic carbocycles. The van der Waals surface area contributed by atoms with Crippen molar-refractivity contribution in [3.63, 3.8) is 0 Å². The lowest BCUT2D eigenvalue weighted by Gasteiger charge is -2.48. The van der Waals surface area contributed by atoms with Gasteiger partial charge in [0.05, 0.1) is 45.2 Å². The molecule has 1 aliphatic heterocycles. The highest BCUT2D eigenvalue weighted by atomic mass is 16.6. The number of benzene rings is 4. The van der Waals surface area contributed by atoms with Crippen LogP contribution in [0, 0.1) is 0 Å².